The fourth-order valence-electron chi connectivity index (χ4n) is 3.32. The number of pyridine rings is 1. The van der Waals surface area contributed by atoms with E-state index in [-0.39, 0.29) is 35.4 Å². The summed E-state index contributed by atoms with van der Waals surface area (Å²) >= 11 is 0. The molecule has 0 saturated heterocycles. The van der Waals surface area contributed by atoms with Crippen molar-refractivity contribution in [2.45, 2.75) is 26.8 Å². The van der Waals surface area contributed by atoms with Crippen molar-refractivity contribution in [3.63, 3.8) is 0 Å². The van der Waals surface area contributed by atoms with E-state index in [4.69, 9.17) is 4.74 Å². The number of aryl methyl sites for hydroxylation is 1. The smallest absolute Gasteiger partial charge is 0.271 e. The van der Waals surface area contributed by atoms with Crippen LogP contribution in [0.3, 0.4) is 0 Å². The molecule has 6 heteroatoms. The molecule has 0 aliphatic heterocycles. The summed E-state index contributed by atoms with van der Waals surface area (Å²) in [5, 5.41) is 20.3. The van der Waals surface area contributed by atoms with E-state index in [0.29, 0.717) is 5.75 Å². The number of nitrogens with zero attached hydrogens (tertiary/aromatic N) is 2. The Kier molecular flexibility index (Phi) is 6.03. The number of ketones is 1. The summed E-state index contributed by atoms with van der Waals surface area (Å²) in [6, 6.07) is 16.4. The van der Waals surface area contributed by atoms with Crippen LogP contribution >= 0.6 is 0 Å². The van der Waals surface area contributed by atoms with E-state index in [1.54, 1.807) is 31.4 Å². The minimum atomic E-state index is -0.617. The molecule has 0 aliphatic rings. The summed E-state index contributed by atoms with van der Waals surface area (Å²) in [4.78, 5) is 25.8. The highest BCUT2D eigenvalue weighted by Gasteiger charge is 2.24. The van der Waals surface area contributed by atoms with E-state index in [9.17, 15) is 20.0 Å². The van der Waals surface area contributed by atoms with Crippen molar-refractivity contribution < 1.29 is 14.6 Å². The van der Waals surface area contributed by atoms with Gasteiger partial charge in [-0.3, -0.25) is 14.2 Å². The second kappa shape index (κ2) is 8.66. The molecule has 1 N–H and O–H groups in total. The van der Waals surface area contributed by atoms with Crippen molar-refractivity contribution >= 4 is 5.78 Å². The number of methoxy groups -OCH3 is 1. The first-order valence-electron chi connectivity index (χ1n) is 9.43. The zero-order valence-corrected chi connectivity index (χ0v) is 17.1. The van der Waals surface area contributed by atoms with Crippen molar-refractivity contribution in [2.24, 2.45) is 0 Å². The lowest BCUT2D eigenvalue weighted by Gasteiger charge is -2.16. The van der Waals surface area contributed by atoms with E-state index < -0.39 is 11.4 Å². The Morgan fingerprint density at radius 3 is 2.23 bits per heavy atom. The maximum Gasteiger partial charge on any atom is 0.271 e. The van der Waals surface area contributed by atoms with E-state index in [1.165, 1.54) is 6.92 Å². The van der Waals surface area contributed by atoms with Crippen LogP contribution in [0.2, 0.25) is 0 Å². The molecule has 1 aromatic heterocycles. The van der Waals surface area contributed by atoms with Crippen LogP contribution in [0.1, 0.15) is 38.2 Å². The molecule has 0 atom stereocenters. The number of nitriles is 1. The zero-order valence-electron chi connectivity index (χ0n) is 17.1. The summed E-state index contributed by atoms with van der Waals surface area (Å²) in [6.45, 7) is 3.52. The van der Waals surface area contributed by atoms with Gasteiger partial charge >= 0.3 is 0 Å². The lowest BCUT2D eigenvalue weighted by molar-refractivity contribution is 0.0988. The average Bonchev–Trinajstić information content (AvgIpc) is 2.73. The standard InChI is InChI=1S/C24H22N2O4/c1-15-4-6-18(7-5-15)14-26-23(28)20(13-25)16(2)22(24(26)29)21(27)12-17-8-10-19(30-3)11-9-17/h4-11,29H,12,14H2,1-3H3. The third kappa shape index (κ3) is 4.11. The molecule has 0 fully saturated rings. The molecular weight excluding hydrogens is 380 g/mol. The molecule has 0 aliphatic carbocycles. The summed E-state index contributed by atoms with van der Waals surface area (Å²) in [5.41, 5.74) is 2.00. The van der Waals surface area contributed by atoms with Crippen molar-refractivity contribution in [2.75, 3.05) is 7.11 Å². The third-order valence-corrected chi connectivity index (χ3v) is 5.06. The van der Waals surface area contributed by atoms with Crippen molar-refractivity contribution in [1.29, 1.82) is 5.26 Å². The summed E-state index contributed by atoms with van der Waals surface area (Å²) < 4.78 is 6.20. The Morgan fingerprint density at radius 2 is 1.67 bits per heavy atom. The quantitative estimate of drug-likeness (QED) is 0.637. The monoisotopic (exact) mass is 402 g/mol. The molecular formula is C24H22N2O4. The lowest BCUT2D eigenvalue weighted by Crippen LogP contribution is -2.27. The fourth-order valence-corrected chi connectivity index (χ4v) is 3.32. The Labute approximate surface area is 174 Å². The van der Waals surface area contributed by atoms with Crippen molar-refractivity contribution in [1.82, 2.24) is 4.57 Å². The Balaban J connectivity index is 2.04. The molecule has 6 nitrogen and oxygen atoms in total. The van der Waals surface area contributed by atoms with Crippen LogP contribution in [0, 0.1) is 25.2 Å². The average molecular weight is 402 g/mol. The first-order chi connectivity index (χ1) is 14.3. The van der Waals surface area contributed by atoms with Gasteiger partial charge in [-0.05, 0) is 42.7 Å². The van der Waals surface area contributed by atoms with Crippen LogP contribution in [0.4, 0.5) is 0 Å². The number of ether oxygens (including phenoxy) is 1. The summed E-state index contributed by atoms with van der Waals surface area (Å²) in [5.74, 6) is -0.122. The molecule has 0 spiro atoms. The Bertz CT molecular complexity index is 1180. The third-order valence-electron chi connectivity index (χ3n) is 5.06. The number of hydrogen-bond donors (Lipinski definition) is 1. The van der Waals surface area contributed by atoms with Gasteiger partial charge in [-0.25, -0.2) is 0 Å². The number of rotatable bonds is 6. The van der Waals surface area contributed by atoms with Gasteiger partial charge in [0.2, 0.25) is 5.88 Å². The van der Waals surface area contributed by atoms with Gasteiger partial charge < -0.3 is 9.84 Å². The minimum Gasteiger partial charge on any atom is -0.497 e. The molecule has 0 bridgehead atoms. The lowest BCUT2D eigenvalue weighted by atomic mass is 9.97. The van der Waals surface area contributed by atoms with Gasteiger partial charge in [-0.2, -0.15) is 5.26 Å². The molecule has 0 saturated carbocycles. The van der Waals surface area contributed by atoms with Crippen LogP contribution < -0.4 is 10.3 Å². The predicted octanol–water partition coefficient (Wildman–Crippen LogP) is 3.52. The van der Waals surface area contributed by atoms with E-state index in [1.807, 2.05) is 37.3 Å². The fraction of sp³-hybridized carbons (Fsp3) is 0.208. The number of aromatic nitrogens is 1. The van der Waals surface area contributed by atoms with Crippen LogP contribution in [-0.4, -0.2) is 22.6 Å². The molecule has 1 heterocycles. The zero-order chi connectivity index (χ0) is 21.8. The van der Waals surface area contributed by atoms with Gasteiger partial charge in [-0.1, -0.05) is 42.0 Å². The SMILES string of the molecule is COc1ccc(CC(=O)c2c(C)c(C#N)c(=O)n(Cc3ccc(C)cc3)c2O)cc1. The maximum atomic E-state index is 13.0. The van der Waals surface area contributed by atoms with Crippen LogP contribution in [0.5, 0.6) is 11.6 Å². The highest BCUT2D eigenvalue weighted by molar-refractivity contribution is 6.01. The summed E-state index contributed by atoms with van der Waals surface area (Å²) in [7, 11) is 1.56. The summed E-state index contributed by atoms with van der Waals surface area (Å²) in [6.07, 6.45) is 0.0198. The van der Waals surface area contributed by atoms with E-state index in [2.05, 4.69) is 0 Å². The van der Waals surface area contributed by atoms with Gasteiger partial charge in [0, 0.05) is 6.42 Å². The second-order valence-electron chi connectivity index (χ2n) is 7.14. The largest absolute Gasteiger partial charge is 0.497 e. The molecule has 2 aromatic carbocycles. The van der Waals surface area contributed by atoms with Crippen molar-refractivity contribution in [3.8, 4) is 17.7 Å². The van der Waals surface area contributed by atoms with Crippen LogP contribution in [0.15, 0.2) is 53.3 Å². The Morgan fingerprint density at radius 1 is 1.07 bits per heavy atom. The molecule has 0 unspecified atom stereocenters. The maximum absolute atomic E-state index is 13.0. The molecule has 152 valence electrons. The molecule has 3 rings (SSSR count). The minimum absolute atomic E-state index is 0.00548. The number of benzene rings is 2. The van der Waals surface area contributed by atoms with Crippen LogP contribution in [-0.2, 0) is 13.0 Å². The van der Waals surface area contributed by atoms with Gasteiger partial charge in [-0.15, -0.1) is 0 Å². The normalized spacial score (nSPS) is 10.5. The van der Waals surface area contributed by atoms with E-state index >= 15 is 0 Å². The van der Waals surface area contributed by atoms with Crippen molar-refractivity contribution in [3.05, 3.63) is 92.3 Å². The number of Topliss-reactive ketones (excluding diaryl/α,β-unsaturated/α-hetero) is 1. The molecule has 0 radical (unpaired) electrons. The first kappa shape index (κ1) is 20.9. The number of carbonyl (C=O) groups excluding carboxylic acids is 1. The highest BCUT2D eigenvalue weighted by Crippen LogP contribution is 2.25. The molecule has 30 heavy (non-hydrogen) atoms. The second-order valence-corrected chi connectivity index (χ2v) is 7.14. The predicted molar refractivity (Wildman–Crippen MR) is 113 cm³/mol. The first-order valence-corrected chi connectivity index (χ1v) is 9.43. The Hall–Kier alpha value is -3.85. The van der Waals surface area contributed by atoms with E-state index in [0.717, 1.165) is 21.3 Å². The molecule has 3 aromatic rings. The number of carbonyl (C=O) groups is 1. The highest BCUT2D eigenvalue weighted by atomic mass is 16.5. The molecule has 0 amide bonds. The number of hydrogen-bond acceptors (Lipinski definition) is 5. The van der Waals surface area contributed by atoms with Gasteiger partial charge in [0.1, 0.15) is 17.4 Å². The van der Waals surface area contributed by atoms with Gasteiger partial charge in [0.25, 0.3) is 5.56 Å². The topological polar surface area (TPSA) is 92.3 Å². The number of aromatic hydroxyl groups is 1. The van der Waals surface area contributed by atoms with Crippen LogP contribution in [0.25, 0.3) is 0 Å². The van der Waals surface area contributed by atoms with Gasteiger partial charge in [0.05, 0.1) is 19.2 Å². The van der Waals surface area contributed by atoms with Gasteiger partial charge in [0.15, 0.2) is 5.78 Å².